The maximum atomic E-state index is 12.0. The highest BCUT2D eigenvalue weighted by atomic mass is 79.9. The highest BCUT2D eigenvalue weighted by Gasteiger charge is 2.38. The van der Waals surface area contributed by atoms with Crippen LogP contribution in [0.15, 0.2) is 62.2 Å². The topological polar surface area (TPSA) is 83.4 Å². The van der Waals surface area contributed by atoms with Gasteiger partial charge in [-0.2, -0.15) is 8.42 Å². The first-order valence-corrected chi connectivity index (χ1v) is 15.4. The predicted octanol–water partition coefficient (Wildman–Crippen LogP) is 6.53. The molecule has 0 amide bonds. The van der Waals surface area contributed by atoms with Gasteiger partial charge in [-0.1, -0.05) is 56.1 Å². The summed E-state index contributed by atoms with van der Waals surface area (Å²) in [5, 5.41) is 0. The molecule has 0 radical (unpaired) electrons. The number of benzene rings is 2. The Bertz CT molecular complexity index is 1010. The van der Waals surface area contributed by atoms with Crippen LogP contribution in [0.3, 0.4) is 0 Å². The minimum absolute atomic E-state index is 0.114. The van der Waals surface area contributed by atoms with Gasteiger partial charge in [-0.05, 0) is 56.2 Å². The second-order valence-corrected chi connectivity index (χ2v) is 12.6. The van der Waals surface area contributed by atoms with Crippen LogP contribution in [0, 0.1) is 0 Å². The van der Waals surface area contributed by atoms with Gasteiger partial charge >= 0.3 is 7.74 Å². The van der Waals surface area contributed by atoms with Crippen molar-refractivity contribution < 1.29 is 26.2 Å². The van der Waals surface area contributed by atoms with Crippen molar-refractivity contribution in [2.24, 2.45) is 4.74 Å². The lowest BCUT2D eigenvalue weighted by molar-refractivity contribution is 0.160. The molecule has 0 aliphatic rings. The molecular formula is C22H30Br2NO6PS. The number of halogens is 2. The second-order valence-electron chi connectivity index (χ2n) is 7.09. The maximum absolute atomic E-state index is 12.0. The quantitative estimate of drug-likeness (QED) is 0.186. The molecule has 0 atom stereocenters. The van der Waals surface area contributed by atoms with Gasteiger partial charge in [-0.15, -0.1) is 0 Å². The summed E-state index contributed by atoms with van der Waals surface area (Å²) >= 11 is 7.06. The standard InChI is InChI=1S/C22H30Br2NO6PS/c1-5-28-32(29-6-2,30-7-3)25-16-22(17-31-33(4,26)27,18-10-8-12-20(23)14-18)19-11-9-13-21(24)15-19/h8-15H,5-7,16-17H2,1-4H3. The normalized spacial score (nSPS) is 12.7. The third kappa shape index (κ3) is 8.25. The first kappa shape index (κ1) is 28.7. The van der Waals surface area contributed by atoms with E-state index in [-0.39, 0.29) is 13.2 Å². The molecule has 7 nitrogen and oxygen atoms in total. The van der Waals surface area contributed by atoms with Gasteiger partial charge in [0.25, 0.3) is 10.1 Å². The van der Waals surface area contributed by atoms with Crippen molar-refractivity contribution >= 4 is 49.7 Å². The zero-order valence-electron chi connectivity index (χ0n) is 19.2. The molecule has 0 saturated carbocycles. The van der Waals surface area contributed by atoms with E-state index in [0.29, 0.717) is 19.8 Å². The van der Waals surface area contributed by atoms with Crippen LogP contribution in [0.5, 0.6) is 0 Å². The lowest BCUT2D eigenvalue weighted by Gasteiger charge is -2.34. The van der Waals surface area contributed by atoms with E-state index in [1.54, 1.807) is 0 Å². The largest absolute Gasteiger partial charge is 0.355 e. The molecular weight excluding hydrogens is 597 g/mol. The Morgan fingerprint density at radius 2 is 1.33 bits per heavy atom. The lowest BCUT2D eigenvalue weighted by Crippen LogP contribution is -2.37. The summed E-state index contributed by atoms with van der Waals surface area (Å²) in [4.78, 5) is 0. The predicted molar refractivity (Wildman–Crippen MR) is 139 cm³/mol. The third-order valence-electron chi connectivity index (χ3n) is 4.66. The van der Waals surface area contributed by atoms with Crippen LogP contribution >= 0.6 is 39.6 Å². The molecule has 0 heterocycles. The molecule has 33 heavy (non-hydrogen) atoms. The van der Waals surface area contributed by atoms with E-state index in [9.17, 15) is 8.42 Å². The fraction of sp³-hybridized carbons (Fsp3) is 0.455. The smallest absolute Gasteiger partial charge is 0.303 e. The second kappa shape index (κ2) is 12.9. The Labute approximate surface area is 213 Å². The van der Waals surface area contributed by atoms with Gasteiger partial charge in [0.15, 0.2) is 0 Å². The molecule has 2 aromatic carbocycles. The van der Waals surface area contributed by atoms with Crippen molar-refractivity contribution in [2.45, 2.75) is 26.2 Å². The summed E-state index contributed by atoms with van der Waals surface area (Å²) < 4.78 is 53.7. The summed E-state index contributed by atoms with van der Waals surface area (Å²) in [6, 6.07) is 15.3. The Balaban J connectivity index is 2.79. The summed E-state index contributed by atoms with van der Waals surface area (Å²) in [5.74, 6) is 0. The van der Waals surface area contributed by atoms with Crippen LogP contribution < -0.4 is 0 Å². The summed E-state index contributed by atoms with van der Waals surface area (Å²) in [7, 11) is -6.75. The molecule has 0 fully saturated rings. The number of hydrogen-bond donors (Lipinski definition) is 0. The van der Waals surface area contributed by atoms with E-state index in [1.165, 1.54) is 0 Å². The van der Waals surface area contributed by atoms with Crippen molar-refractivity contribution in [3.8, 4) is 0 Å². The Kier molecular flexibility index (Phi) is 11.2. The van der Waals surface area contributed by atoms with E-state index >= 15 is 0 Å². The molecule has 11 heteroatoms. The molecule has 0 bridgehead atoms. The zero-order chi connectivity index (χ0) is 24.5. The van der Waals surface area contributed by atoms with Crippen LogP contribution in [0.1, 0.15) is 31.9 Å². The van der Waals surface area contributed by atoms with Crippen molar-refractivity contribution in [1.82, 2.24) is 0 Å². The molecule has 0 aliphatic carbocycles. The summed E-state index contributed by atoms with van der Waals surface area (Å²) in [6.07, 6.45) is 1.04. The SMILES string of the molecule is CCOP(=NCC(COS(C)(=O)=O)(c1cccc(Br)c1)c1cccc(Br)c1)(OCC)OCC. The van der Waals surface area contributed by atoms with Crippen molar-refractivity contribution in [1.29, 1.82) is 0 Å². The molecule has 184 valence electrons. The molecule has 0 aliphatic heterocycles. The van der Waals surface area contributed by atoms with Gasteiger partial charge in [0.05, 0.1) is 44.6 Å². The highest BCUT2D eigenvalue weighted by molar-refractivity contribution is 9.10. The van der Waals surface area contributed by atoms with E-state index in [2.05, 4.69) is 31.9 Å². The minimum atomic E-state index is -3.73. The lowest BCUT2D eigenvalue weighted by atomic mass is 9.75. The highest BCUT2D eigenvalue weighted by Crippen LogP contribution is 2.54. The average molecular weight is 627 g/mol. The van der Waals surface area contributed by atoms with Gasteiger partial charge in [0.2, 0.25) is 0 Å². The zero-order valence-corrected chi connectivity index (χ0v) is 24.0. The van der Waals surface area contributed by atoms with Crippen LogP contribution in [-0.4, -0.2) is 47.6 Å². The number of nitrogens with zero attached hydrogens (tertiary/aromatic N) is 1. The first-order chi connectivity index (χ1) is 15.6. The van der Waals surface area contributed by atoms with Crippen molar-refractivity contribution in [3.63, 3.8) is 0 Å². The molecule has 2 aromatic rings. The fourth-order valence-corrected chi connectivity index (χ4v) is 6.35. The fourth-order valence-electron chi connectivity index (χ4n) is 3.27. The van der Waals surface area contributed by atoms with Crippen molar-refractivity contribution in [3.05, 3.63) is 68.6 Å². The van der Waals surface area contributed by atoms with E-state index < -0.39 is 23.3 Å². The summed E-state index contributed by atoms with van der Waals surface area (Å²) in [6.45, 7) is 6.59. The van der Waals surface area contributed by atoms with E-state index in [1.807, 2.05) is 69.3 Å². The Morgan fingerprint density at radius 3 is 1.70 bits per heavy atom. The van der Waals surface area contributed by atoms with Gasteiger partial charge in [-0.25, -0.2) is 4.74 Å². The summed E-state index contributed by atoms with van der Waals surface area (Å²) in [5.41, 5.74) is 0.683. The van der Waals surface area contributed by atoms with Crippen LogP contribution in [-0.2, 0) is 33.3 Å². The molecule has 0 saturated heterocycles. The van der Waals surface area contributed by atoms with Crippen LogP contribution in [0.2, 0.25) is 0 Å². The maximum Gasteiger partial charge on any atom is 0.355 e. The van der Waals surface area contributed by atoms with Crippen LogP contribution in [0.25, 0.3) is 0 Å². The minimum Gasteiger partial charge on any atom is -0.303 e. The third-order valence-corrected chi connectivity index (χ3v) is 8.44. The van der Waals surface area contributed by atoms with E-state index in [0.717, 1.165) is 26.3 Å². The van der Waals surface area contributed by atoms with E-state index in [4.69, 9.17) is 22.5 Å². The molecule has 2 rings (SSSR count). The van der Waals surface area contributed by atoms with Crippen molar-refractivity contribution in [2.75, 3.05) is 39.2 Å². The molecule has 0 unspecified atom stereocenters. The average Bonchev–Trinajstić information content (AvgIpc) is 2.74. The van der Waals surface area contributed by atoms with Crippen LogP contribution in [0.4, 0.5) is 0 Å². The molecule has 0 aromatic heterocycles. The number of hydrogen-bond acceptors (Lipinski definition) is 7. The molecule has 0 N–H and O–H groups in total. The van der Waals surface area contributed by atoms with Gasteiger partial charge in [0.1, 0.15) is 0 Å². The van der Waals surface area contributed by atoms with Gasteiger partial charge in [-0.3, -0.25) is 4.18 Å². The Morgan fingerprint density at radius 1 is 0.879 bits per heavy atom. The molecule has 0 spiro atoms. The Hall–Kier alpha value is -0.580. The monoisotopic (exact) mass is 625 g/mol. The van der Waals surface area contributed by atoms with Gasteiger partial charge in [0, 0.05) is 8.95 Å². The first-order valence-electron chi connectivity index (χ1n) is 10.5. The van der Waals surface area contributed by atoms with Gasteiger partial charge < -0.3 is 13.6 Å². The number of rotatable bonds is 13.